The van der Waals surface area contributed by atoms with Crippen LogP contribution in [0.15, 0.2) is 80.9 Å². The highest BCUT2D eigenvalue weighted by Crippen LogP contribution is 2.21. The molecule has 2 atom stereocenters. The van der Waals surface area contributed by atoms with Crippen molar-refractivity contribution in [3.8, 4) is 0 Å². The van der Waals surface area contributed by atoms with Crippen LogP contribution in [0.1, 0.15) is 41.9 Å². The zero-order valence-corrected chi connectivity index (χ0v) is 22.1. The van der Waals surface area contributed by atoms with Crippen molar-refractivity contribution >= 4 is 22.7 Å². The van der Waals surface area contributed by atoms with E-state index in [1.807, 2.05) is 4.90 Å². The van der Waals surface area contributed by atoms with E-state index in [1.165, 1.54) is 4.57 Å². The minimum atomic E-state index is -0.537. The molecule has 0 saturated carbocycles. The summed E-state index contributed by atoms with van der Waals surface area (Å²) in [6.07, 6.45) is 2.62. The molecular formula is C30H32N4O5. The number of rotatable bonds is 7. The number of fused-ring (bicyclic) bond motifs is 1. The molecule has 1 aliphatic rings. The van der Waals surface area contributed by atoms with Crippen LogP contribution in [0.2, 0.25) is 0 Å². The molecule has 0 unspecified atom stereocenters. The molecule has 39 heavy (non-hydrogen) atoms. The normalized spacial score (nSPS) is 17.3. The lowest BCUT2D eigenvalue weighted by atomic mass is 9.92. The van der Waals surface area contributed by atoms with Gasteiger partial charge in [-0.2, -0.15) is 0 Å². The highest BCUT2D eigenvalue weighted by molar-refractivity contribution is 5.94. The third-order valence-electron chi connectivity index (χ3n) is 7.21. The van der Waals surface area contributed by atoms with Gasteiger partial charge in [0.15, 0.2) is 0 Å². The molecule has 5 rings (SSSR count). The van der Waals surface area contributed by atoms with Crippen LogP contribution >= 0.6 is 0 Å². The molecule has 0 bridgehead atoms. The van der Waals surface area contributed by atoms with Crippen molar-refractivity contribution in [2.24, 2.45) is 11.8 Å². The molecule has 1 saturated heterocycles. The number of piperidine rings is 1. The Kier molecular flexibility index (Phi) is 7.49. The Morgan fingerprint density at radius 2 is 1.64 bits per heavy atom. The summed E-state index contributed by atoms with van der Waals surface area (Å²) in [5.41, 5.74) is 0.622. The Labute approximate surface area is 225 Å². The second-order valence-electron chi connectivity index (χ2n) is 10.5. The van der Waals surface area contributed by atoms with Gasteiger partial charge in [-0.3, -0.25) is 23.5 Å². The summed E-state index contributed by atoms with van der Waals surface area (Å²) in [5, 5.41) is 3.16. The monoisotopic (exact) mass is 528 g/mol. The molecule has 9 nitrogen and oxygen atoms in total. The fraction of sp³-hybridized carbons (Fsp3) is 0.333. The van der Waals surface area contributed by atoms with Gasteiger partial charge in [0.05, 0.1) is 30.3 Å². The molecule has 0 radical (unpaired) electrons. The molecule has 0 spiro atoms. The third kappa shape index (κ3) is 5.72. The van der Waals surface area contributed by atoms with Crippen LogP contribution in [-0.2, 0) is 24.4 Å². The molecule has 0 aliphatic carbocycles. The average Bonchev–Trinajstić information content (AvgIpc) is 3.45. The van der Waals surface area contributed by atoms with Gasteiger partial charge in [-0.05, 0) is 60.2 Å². The number of likely N-dealkylation sites (tertiary alicyclic amines) is 1. The highest BCUT2D eigenvalue weighted by atomic mass is 16.3. The van der Waals surface area contributed by atoms with E-state index >= 15 is 0 Å². The van der Waals surface area contributed by atoms with E-state index in [0.29, 0.717) is 52.7 Å². The number of aromatic nitrogens is 2. The summed E-state index contributed by atoms with van der Waals surface area (Å²) in [4.78, 5) is 54.5. The first-order chi connectivity index (χ1) is 18.8. The number of carbonyl (C=O) groups is 2. The van der Waals surface area contributed by atoms with Gasteiger partial charge in [0, 0.05) is 18.7 Å². The van der Waals surface area contributed by atoms with Crippen LogP contribution < -0.4 is 16.6 Å². The van der Waals surface area contributed by atoms with E-state index in [4.69, 9.17) is 4.42 Å². The maximum atomic E-state index is 13.6. The zero-order chi connectivity index (χ0) is 27.5. The number of amides is 2. The standard InChI is InChI=1S/C30H32N4O5/c1-20-14-21(2)17-32(16-20)27(35)19-33-26-8-4-3-7-25(26)29(37)34(30(33)38)18-22-9-11-23(12-10-22)28(36)31-15-24-6-5-13-39-24/h3-13,20-21H,14-19H2,1-2H3,(H,31,36)/t20-,21-/m0/s1. The maximum Gasteiger partial charge on any atom is 0.332 e. The zero-order valence-electron chi connectivity index (χ0n) is 22.1. The van der Waals surface area contributed by atoms with Crippen LogP contribution in [0.5, 0.6) is 0 Å². The molecule has 1 fully saturated rings. The van der Waals surface area contributed by atoms with Gasteiger partial charge < -0.3 is 14.6 Å². The fourth-order valence-electron chi connectivity index (χ4n) is 5.39. The van der Waals surface area contributed by atoms with E-state index in [9.17, 15) is 19.2 Å². The molecule has 1 N–H and O–H groups in total. The number of benzene rings is 2. The second kappa shape index (κ2) is 11.1. The van der Waals surface area contributed by atoms with Crippen molar-refractivity contribution in [1.29, 1.82) is 0 Å². The minimum Gasteiger partial charge on any atom is -0.467 e. The van der Waals surface area contributed by atoms with Crippen molar-refractivity contribution in [1.82, 2.24) is 19.4 Å². The quantitative estimate of drug-likeness (QED) is 0.396. The first-order valence-electron chi connectivity index (χ1n) is 13.2. The van der Waals surface area contributed by atoms with Crippen LogP contribution in [-0.4, -0.2) is 38.9 Å². The Morgan fingerprint density at radius 3 is 2.33 bits per heavy atom. The fourth-order valence-corrected chi connectivity index (χ4v) is 5.39. The first kappa shape index (κ1) is 26.2. The number of hydrogen-bond donors (Lipinski definition) is 1. The van der Waals surface area contributed by atoms with Crippen molar-refractivity contribution in [2.45, 2.75) is 39.9 Å². The topological polar surface area (TPSA) is 107 Å². The first-order valence-corrected chi connectivity index (χ1v) is 13.2. The van der Waals surface area contributed by atoms with Crippen molar-refractivity contribution in [2.75, 3.05) is 13.1 Å². The summed E-state index contributed by atoms with van der Waals surface area (Å²) >= 11 is 0. The lowest BCUT2D eigenvalue weighted by molar-refractivity contribution is -0.134. The molecule has 202 valence electrons. The molecule has 2 amide bonds. The summed E-state index contributed by atoms with van der Waals surface area (Å²) in [7, 11) is 0. The molecule has 4 aromatic rings. The van der Waals surface area contributed by atoms with Crippen LogP contribution in [0.3, 0.4) is 0 Å². The largest absolute Gasteiger partial charge is 0.467 e. The average molecular weight is 529 g/mol. The molecule has 2 aromatic heterocycles. The van der Waals surface area contributed by atoms with E-state index in [0.717, 1.165) is 11.0 Å². The smallest absolute Gasteiger partial charge is 0.332 e. The Bertz CT molecular complexity index is 1590. The van der Waals surface area contributed by atoms with Gasteiger partial charge in [-0.25, -0.2) is 4.79 Å². The van der Waals surface area contributed by atoms with Crippen LogP contribution in [0.4, 0.5) is 0 Å². The summed E-state index contributed by atoms with van der Waals surface area (Å²) in [5.74, 6) is 1.05. The summed E-state index contributed by atoms with van der Waals surface area (Å²) in [6.45, 7) is 5.75. The minimum absolute atomic E-state index is 0.0166. The lowest BCUT2D eigenvalue weighted by Gasteiger charge is -2.35. The Hall–Kier alpha value is -4.40. The number of nitrogens with one attached hydrogen (secondary N) is 1. The summed E-state index contributed by atoms with van der Waals surface area (Å²) < 4.78 is 7.79. The van der Waals surface area contributed by atoms with Crippen LogP contribution in [0.25, 0.3) is 10.9 Å². The highest BCUT2D eigenvalue weighted by Gasteiger charge is 2.26. The van der Waals surface area contributed by atoms with Gasteiger partial charge in [-0.1, -0.05) is 38.1 Å². The maximum absolute atomic E-state index is 13.6. The Morgan fingerprint density at radius 1 is 0.923 bits per heavy atom. The third-order valence-corrected chi connectivity index (χ3v) is 7.21. The van der Waals surface area contributed by atoms with Crippen molar-refractivity contribution < 1.29 is 14.0 Å². The van der Waals surface area contributed by atoms with E-state index in [2.05, 4.69) is 19.2 Å². The number of nitrogens with zero attached hydrogens (tertiary/aromatic N) is 3. The van der Waals surface area contributed by atoms with Gasteiger partial charge in [0.1, 0.15) is 12.3 Å². The van der Waals surface area contributed by atoms with E-state index in [-0.39, 0.29) is 31.4 Å². The van der Waals surface area contributed by atoms with E-state index in [1.54, 1.807) is 66.9 Å². The number of para-hydroxylation sites is 1. The molecule has 9 heteroatoms. The predicted molar refractivity (Wildman–Crippen MR) is 147 cm³/mol. The number of carbonyl (C=O) groups excluding carboxylic acids is 2. The number of hydrogen-bond acceptors (Lipinski definition) is 5. The van der Waals surface area contributed by atoms with Gasteiger partial charge in [0.25, 0.3) is 11.5 Å². The van der Waals surface area contributed by atoms with Crippen LogP contribution in [0, 0.1) is 11.8 Å². The van der Waals surface area contributed by atoms with E-state index < -0.39 is 11.2 Å². The molecular weight excluding hydrogens is 496 g/mol. The number of furan rings is 1. The van der Waals surface area contributed by atoms with Crippen molar-refractivity contribution in [3.05, 3.63) is 105 Å². The lowest BCUT2D eigenvalue weighted by Crippen LogP contribution is -2.47. The Balaban J connectivity index is 1.40. The van der Waals surface area contributed by atoms with Crippen molar-refractivity contribution in [3.63, 3.8) is 0 Å². The van der Waals surface area contributed by atoms with Gasteiger partial charge in [-0.15, -0.1) is 0 Å². The molecule has 3 heterocycles. The second-order valence-corrected chi connectivity index (χ2v) is 10.5. The molecule has 1 aliphatic heterocycles. The molecule has 2 aromatic carbocycles. The van der Waals surface area contributed by atoms with Gasteiger partial charge in [0.2, 0.25) is 5.91 Å². The summed E-state index contributed by atoms with van der Waals surface area (Å²) in [6, 6.07) is 17.1. The van der Waals surface area contributed by atoms with Gasteiger partial charge >= 0.3 is 5.69 Å². The predicted octanol–water partition coefficient (Wildman–Crippen LogP) is 3.24. The SMILES string of the molecule is C[C@H]1C[C@H](C)CN(C(=O)Cn2c(=O)n(Cc3ccc(C(=O)NCc4ccco4)cc3)c(=O)c3ccccc32)C1.